The second-order valence-corrected chi connectivity index (χ2v) is 11.3. The first kappa shape index (κ1) is 22.1. The van der Waals surface area contributed by atoms with Crippen molar-refractivity contribution in [3.8, 4) is 5.75 Å². The highest BCUT2D eigenvalue weighted by molar-refractivity contribution is 7.52. The van der Waals surface area contributed by atoms with E-state index >= 15 is 0 Å². The summed E-state index contributed by atoms with van der Waals surface area (Å²) in [6, 6.07) is 12.1. The molecule has 2 heterocycles. The van der Waals surface area contributed by atoms with Crippen LogP contribution in [0.3, 0.4) is 0 Å². The number of ether oxygens (including phenoxy) is 2. The number of pyridine rings is 1. The number of fused-ring (bicyclic) bond motifs is 3. The van der Waals surface area contributed by atoms with Gasteiger partial charge in [0.2, 0.25) is 0 Å². The predicted molar refractivity (Wildman–Crippen MR) is 168 cm³/mol. The number of hydrogen-bond acceptors (Lipinski definition) is 9. The van der Waals surface area contributed by atoms with Crippen molar-refractivity contribution in [2.45, 2.75) is 78.5 Å². The van der Waals surface area contributed by atoms with Gasteiger partial charge in [0, 0.05) is 30.4 Å². The van der Waals surface area contributed by atoms with Gasteiger partial charge in [-0.2, -0.15) is 5.09 Å². The lowest BCUT2D eigenvalue weighted by atomic mass is 10.1. The van der Waals surface area contributed by atoms with Gasteiger partial charge in [-0.15, -0.1) is 0 Å². The molecule has 3 atom stereocenters. The van der Waals surface area contributed by atoms with Crippen LogP contribution in [0.4, 0.5) is 5.82 Å². The average molecular weight is 621 g/mol. The number of nitrogen functional groups attached to an aromatic ring is 1. The van der Waals surface area contributed by atoms with Gasteiger partial charge < -0.3 is 24.3 Å². The molecule has 43 heavy (non-hydrogen) atoms. The Kier molecular flexibility index (Phi) is 7.59. The second kappa shape index (κ2) is 14.8. The zero-order valence-corrected chi connectivity index (χ0v) is 24.9. The summed E-state index contributed by atoms with van der Waals surface area (Å²) in [6.07, 6.45) is -1.21. The maximum atomic E-state index is 14.4. The predicted octanol–water partition coefficient (Wildman–Crippen LogP) is 6.57. The normalized spacial score (nSPS) is 18.5. The molecule has 4 rings (SSSR count). The fourth-order valence-corrected chi connectivity index (χ4v) is 6.05. The van der Waals surface area contributed by atoms with E-state index in [2.05, 4.69) is 10.1 Å². The van der Waals surface area contributed by atoms with Crippen LogP contribution in [0.2, 0.25) is 0 Å². The Morgan fingerprint density at radius 2 is 1.84 bits per heavy atom. The molecule has 0 radical (unpaired) electrons. The van der Waals surface area contributed by atoms with E-state index in [1.165, 1.54) is 12.1 Å². The van der Waals surface area contributed by atoms with Gasteiger partial charge in [-0.1, -0.05) is 49.7 Å². The van der Waals surface area contributed by atoms with Crippen molar-refractivity contribution in [3.63, 3.8) is 0 Å². The molecule has 2 aromatic carbocycles. The summed E-state index contributed by atoms with van der Waals surface area (Å²) in [7, 11) is -4.82. The summed E-state index contributed by atoms with van der Waals surface area (Å²) in [5.74, 6) is -1.03. The van der Waals surface area contributed by atoms with Crippen molar-refractivity contribution < 1.29 is 40.2 Å². The smallest absolute Gasteiger partial charge is 0.459 e. The molecule has 0 aliphatic heterocycles. The molecule has 0 saturated heterocycles. The van der Waals surface area contributed by atoms with Crippen LogP contribution >= 0.6 is 7.75 Å². The average Bonchev–Trinajstić information content (AvgIpc) is 3.44. The third-order valence-corrected chi connectivity index (χ3v) is 8.04. The number of aromatic nitrogens is 3. The van der Waals surface area contributed by atoms with E-state index in [9.17, 15) is 9.36 Å². The van der Waals surface area contributed by atoms with E-state index < -0.39 is 46.4 Å². The first-order chi connectivity index (χ1) is 24.3. The van der Waals surface area contributed by atoms with Gasteiger partial charge in [0.05, 0.1) is 23.7 Å². The van der Waals surface area contributed by atoms with E-state index in [-0.39, 0.29) is 37.2 Å². The lowest BCUT2D eigenvalue weighted by Crippen LogP contribution is -2.36. The zero-order chi connectivity index (χ0) is 38.5. The number of nitrogens with two attached hydrogens (primary N) is 1. The summed E-state index contributed by atoms with van der Waals surface area (Å²) in [6.45, 7) is -5.92. The van der Waals surface area contributed by atoms with Crippen LogP contribution in [0.1, 0.15) is 77.9 Å². The monoisotopic (exact) mass is 620 g/mol. The molecule has 0 bridgehead atoms. The van der Waals surface area contributed by atoms with Gasteiger partial charge in [0.1, 0.15) is 29.7 Å². The summed E-state index contributed by atoms with van der Waals surface area (Å²) in [5, 5.41) is 2.90. The second-order valence-electron chi connectivity index (χ2n) is 9.59. The SMILES string of the molecule is [2H]C([2H])([2H])C(OC(=O)[C@@H](N[P@](=O)(OCC[C@H](CCC)n1c(COCC)nc2c(N)nc3ccccc3c21)Oc1ccccc1)C([2H])([2H])[2H])C([2H])([2H])[2H]. The lowest BCUT2D eigenvalue weighted by molar-refractivity contribution is -0.149. The summed E-state index contributed by atoms with van der Waals surface area (Å²) >= 11 is 0. The van der Waals surface area contributed by atoms with Gasteiger partial charge in [-0.3, -0.25) is 9.32 Å². The molecular formula is C31H42N5O6P. The van der Waals surface area contributed by atoms with E-state index in [0.717, 1.165) is 5.39 Å². The fraction of sp³-hybridized carbons (Fsp3) is 0.452. The molecule has 0 unspecified atom stereocenters. The molecule has 0 amide bonds. The Labute approximate surface area is 265 Å². The lowest BCUT2D eigenvalue weighted by Gasteiger charge is -2.25. The van der Waals surface area contributed by atoms with E-state index in [1.807, 2.05) is 42.7 Å². The van der Waals surface area contributed by atoms with E-state index in [1.54, 1.807) is 18.2 Å². The summed E-state index contributed by atoms with van der Waals surface area (Å²) in [4.78, 5) is 22.5. The van der Waals surface area contributed by atoms with Crippen LogP contribution in [0.15, 0.2) is 54.6 Å². The van der Waals surface area contributed by atoms with Gasteiger partial charge >= 0.3 is 13.7 Å². The van der Waals surface area contributed by atoms with E-state index in [0.29, 0.717) is 41.8 Å². The number of benzene rings is 2. The molecule has 11 nitrogen and oxygen atoms in total. The minimum atomic E-state index is -4.82. The Morgan fingerprint density at radius 1 is 1.07 bits per heavy atom. The number of nitrogens with zero attached hydrogens (tertiary/aromatic N) is 3. The third-order valence-electron chi connectivity index (χ3n) is 6.49. The van der Waals surface area contributed by atoms with Gasteiger partial charge in [0.25, 0.3) is 0 Å². The third kappa shape index (κ3) is 8.12. The quantitative estimate of drug-likeness (QED) is 0.104. The number of rotatable bonds is 16. The van der Waals surface area contributed by atoms with Gasteiger partial charge in [-0.05, 0) is 58.5 Å². The molecule has 3 N–H and O–H groups in total. The molecular weight excluding hydrogens is 569 g/mol. The topological polar surface area (TPSA) is 140 Å². The Hall–Kier alpha value is -3.50. The summed E-state index contributed by atoms with van der Waals surface area (Å²) in [5.41, 5.74) is 8.19. The van der Waals surface area contributed by atoms with Crippen molar-refractivity contribution in [1.82, 2.24) is 19.6 Å². The van der Waals surface area contributed by atoms with Crippen LogP contribution in [-0.4, -0.2) is 45.9 Å². The molecule has 4 aromatic rings. The molecule has 0 saturated carbocycles. The highest BCUT2D eigenvalue weighted by atomic mass is 31.2. The highest BCUT2D eigenvalue weighted by Crippen LogP contribution is 2.45. The number of esters is 1. The number of anilines is 1. The minimum Gasteiger partial charge on any atom is -0.462 e. The Morgan fingerprint density at radius 3 is 2.56 bits per heavy atom. The van der Waals surface area contributed by atoms with E-state index in [4.69, 9.17) is 41.6 Å². The van der Waals surface area contributed by atoms with Crippen molar-refractivity contribution >= 4 is 41.5 Å². The molecule has 12 heteroatoms. The van der Waals surface area contributed by atoms with Crippen molar-refractivity contribution in [2.24, 2.45) is 0 Å². The molecule has 2 aromatic heterocycles. The highest BCUT2D eigenvalue weighted by Gasteiger charge is 2.33. The standard InChI is InChI=1S/C31H42N5O6P/c1-6-13-23(36-27(20-39-7-2)34-28-29(36)25-16-11-12-17-26(25)33-30(28)32)18-19-40-43(38,42-24-14-9-8-10-15-24)35-22(5)31(37)41-21(3)4/h8-12,14-17,21-23H,6-7,13,18-20H2,1-5H3,(H2,32,33)(H,35,38)/t22-,23-,43-/m0/s1/i3D3,4D3,5D3. The maximum absolute atomic E-state index is 14.4. The molecule has 0 fully saturated rings. The number of nitrogens with one attached hydrogen (secondary N) is 1. The number of para-hydroxylation sites is 2. The maximum Gasteiger partial charge on any atom is 0.459 e. The van der Waals surface area contributed by atoms with Crippen LogP contribution in [0.5, 0.6) is 5.75 Å². The van der Waals surface area contributed by atoms with Crippen LogP contribution in [0, 0.1) is 0 Å². The first-order valence-corrected chi connectivity index (χ1v) is 15.4. The van der Waals surface area contributed by atoms with Crippen LogP contribution < -0.4 is 15.3 Å². The Bertz CT molecular complexity index is 1860. The molecule has 0 aliphatic carbocycles. The summed E-state index contributed by atoms with van der Waals surface area (Å²) < 4.78 is 108. The van der Waals surface area contributed by atoms with Gasteiger partial charge in [0.15, 0.2) is 5.82 Å². The Balaban J connectivity index is 1.71. The fourth-order valence-electron chi connectivity index (χ4n) is 4.71. The van der Waals surface area contributed by atoms with Crippen molar-refractivity contribution in [2.75, 3.05) is 18.9 Å². The van der Waals surface area contributed by atoms with Crippen molar-refractivity contribution in [1.29, 1.82) is 0 Å². The van der Waals surface area contributed by atoms with Crippen molar-refractivity contribution in [3.05, 3.63) is 60.4 Å². The zero-order valence-electron chi connectivity index (χ0n) is 33.0. The number of carbonyl (C=O) groups is 1. The number of imidazole rings is 1. The number of hydrogen-bond donors (Lipinski definition) is 2. The minimum absolute atomic E-state index is 0.0157. The molecule has 0 spiro atoms. The van der Waals surface area contributed by atoms with Crippen LogP contribution in [0.25, 0.3) is 21.9 Å². The first-order valence-electron chi connectivity index (χ1n) is 18.4. The number of carbonyl (C=O) groups excluding carboxylic acids is 1. The van der Waals surface area contributed by atoms with Crippen LogP contribution in [-0.2, 0) is 30.0 Å². The molecule has 232 valence electrons. The van der Waals surface area contributed by atoms with Gasteiger partial charge in [-0.25, -0.2) is 14.5 Å². The largest absolute Gasteiger partial charge is 0.462 e. The molecule has 0 aliphatic rings.